The maximum atomic E-state index is 11.8. The van der Waals surface area contributed by atoms with Crippen molar-refractivity contribution in [3.8, 4) is 0 Å². The second-order valence-corrected chi connectivity index (χ2v) is 5.00. The van der Waals surface area contributed by atoms with Gasteiger partial charge in [0.1, 0.15) is 0 Å². The average molecular weight is 283 g/mol. The van der Waals surface area contributed by atoms with E-state index in [4.69, 9.17) is 0 Å². The highest BCUT2D eigenvalue weighted by Gasteiger charge is 2.21. The van der Waals surface area contributed by atoms with Crippen LogP contribution in [0.3, 0.4) is 0 Å². The predicted octanol–water partition coefficient (Wildman–Crippen LogP) is 1.94. The zero-order chi connectivity index (χ0) is 11.5. The molecule has 1 unspecified atom stereocenters. The lowest BCUT2D eigenvalue weighted by Crippen LogP contribution is -2.27. The Kier molecular flexibility index (Phi) is 3.61. The van der Waals surface area contributed by atoms with Gasteiger partial charge in [-0.1, -0.05) is 28.1 Å². The minimum atomic E-state index is 0.134. The van der Waals surface area contributed by atoms with Gasteiger partial charge in [0.15, 0.2) is 0 Å². The van der Waals surface area contributed by atoms with E-state index in [1.807, 2.05) is 19.2 Å². The number of nitrogens with zero attached hydrogens (tertiary/aromatic N) is 1. The van der Waals surface area contributed by atoms with E-state index in [1.54, 1.807) is 4.90 Å². The maximum Gasteiger partial charge on any atom is 0.224 e. The predicted molar refractivity (Wildman–Crippen MR) is 67.1 cm³/mol. The number of hydrogen-bond acceptors (Lipinski definition) is 2. The zero-order valence-corrected chi connectivity index (χ0v) is 10.8. The van der Waals surface area contributed by atoms with Crippen molar-refractivity contribution >= 4 is 21.8 Å². The molecule has 1 aromatic rings. The molecule has 0 radical (unpaired) electrons. The summed E-state index contributed by atoms with van der Waals surface area (Å²) in [6.07, 6.45) is 0.535. The van der Waals surface area contributed by atoms with Gasteiger partial charge in [0, 0.05) is 37.1 Å². The molecule has 86 valence electrons. The number of carbonyl (C=O) groups is 1. The van der Waals surface area contributed by atoms with Crippen molar-refractivity contribution in [2.45, 2.75) is 12.5 Å². The molecule has 0 bridgehead atoms. The fourth-order valence-corrected chi connectivity index (χ4v) is 2.31. The highest BCUT2D eigenvalue weighted by atomic mass is 79.9. The van der Waals surface area contributed by atoms with Gasteiger partial charge in [-0.05, 0) is 17.7 Å². The van der Waals surface area contributed by atoms with E-state index in [2.05, 4.69) is 33.4 Å². The number of likely N-dealkylation sites (N-methyl/N-ethyl adjacent to an activating group) is 1. The van der Waals surface area contributed by atoms with Crippen molar-refractivity contribution in [2.75, 3.05) is 20.1 Å². The van der Waals surface area contributed by atoms with Gasteiger partial charge in [0.25, 0.3) is 0 Å². The first-order valence-corrected chi connectivity index (χ1v) is 6.19. The molecule has 16 heavy (non-hydrogen) atoms. The molecule has 0 aromatic heterocycles. The average Bonchev–Trinajstić information content (AvgIpc) is 2.42. The van der Waals surface area contributed by atoms with Crippen LogP contribution in [0.15, 0.2) is 28.7 Å². The minimum Gasteiger partial charge on any atom is -0.344 e. The molecular weight excluding hydrogens is 268 g/mol. The molecule has 0 spiro atoms. The Bertz CT molecular complexity index is 394. The van der Waals surface area contributed by atoms with Gasteiger partial charge in [0.05, 0.1) is 0 Å². The number of benzene rings is 1. The van der Waals surface area contributed by atoms with Gasteiger partial charge in [-0.15, -0.1) is 0 Å². The summed E-state index contributed by atoms with van der Waals surface area (Å²) in [5.41, 5.74) is 1.16. The largest absolute Gasteiger partial charge is 0.344 e. The number of rotatable bonds is 1. The van der Waals surface area contributed by atoms with Crippen LogP contribution < -0.4 is 5.32 Å². The van der Waals surface area contributed by atoms with Crippen LogP contribution in [0.2, 0.25) is 0 Å². The van der Waals surface area contributed by atoms with Gasteiger partial charge >= 0.3 is 0 Å². The van der Waals surface area contributed by atoms with Gasteiger partial charge in [-0.3, -0.25) is 4.79 Å². The SMILES string of the molecule is CN1CCNC(c2cccc(Br)c2)CC1=O. The van der Waals surface area contributed by atoms with Crippen LogP contribution in [0.1, 0.15) is 18.0 Å². The van der Waals surface area contributed by atoms with Crippen LogP contribution in [-0.2, 0) is 4.79 Å². The molecule has 1 aromatic carbocycles. The third-order valence-electron chi connectivity index (χ3n) is 2.89. The molecule has 1 fully saturated rings. The molecule has 0 saturated carbocycles. The summed E-state index contributed by atoms with van der Waals surface area (Å²) >= 11 is 3.45. The smallest absolute Gasteiger partial charge is 0.224 e. The van der Waals surface area contributed by atoms with E-state index >= 15 is 0 Å². The minimum absolute atomic E-state index is 0.134. The number of carbonyl (C=O) groups excluding carboxylic acids is 1. The maximum absolute atomic E-state index is 11.8. The van der Waals surface area contributed by atoms with Gasteiger partial charge in [-0.2, -0.15) is 0 Å². The molecular formula is C12H15BrN2O. The quantitative estimate of drug-likeness (QED) is 0.854. The first-order valence-electron chi connectivity index (χ1n) is 5.39. The van der Waals surface area contributed by atoms with E-state index in [0.717, 1.165) is 23.1 Å². The third-order valence-corrected chi connectivity index (χ3v) is 3.39. The summed E-state index contributed by atoms with van der Waals surface area (Å²) in [5, 5.41) is 3.40. The van der Waals surface area contributed by atoms with E-state index in [0.29, 0.717) is 6.42 Å². The standard InChI is InChI=1S/C12H15BrN2O/c1-15-6-5-14-11(8-12(15)16)9-3-2-4-10(13)7-9/h2-4,7,11,14H,5-6,8H2,1H3. The molecule has 1 aliphatic rings. The first-order chi connectivity index (χ1) is 7.66. The van der Waals surface area contributed by atoms with E-state index in [1.165, 1.54) is 0 Å². The summed E-state index contributed by atoms with van der Waals surface area (Å²) in [5.74, 6) is 0.204. The molecule has 0 aliphatic carbocycles. The van der Waals surface area contributed by atoms with Crippen molar-refractivity contribution in [3.05, 3.63) is 34.3 Å². The van der Waals surface area contributed by atoms with Crippen LogP contribution in [0.25, 0.3) is 0 Å². The summed E-state index contributed by atoms with van der Waals surface area (Å²) in [6, 6.07) is 8.25. The Morgan fingerprint density at radius 3 is 3.06 bits per heavy atom. The van der Waals surface area contributed by atoms with E-state index in [9.17, 15) is 4.79 Å². The second-order valence-electron chi connectivity index (χ2n) is 4.08. The lowest BCUT2D eigenvalue weighted by Gasteiger charge is -2.15. The molecule has 1 amide bonds. The lowest BCUT2D eigenvalue weighted by atomic mass is 10.0. The van der Waals surface area contributed by atoms with E-state index in [-0.39, 0.29) is 11.9 Å². The molecule has 1 atom stereocenters. The normalized spacial score (nSPS) is 22.0. The number of halogens is 1. The van der Waals surface area contributed by atoms with Crippen molar-refractivity contribution in [1.29, 1.82) is 0 Å². The lowest BCUT2D eigenvalue weighted by molar-refractivity contribution is -0.129. The number of amides is 1. The Hall–Kier alpha value is -0.870. The van der Waals surface area contributed by atoms with Crippen molar-refractivity contribution in [2.24, 2.45) is 0 Å². The highest BCUT2D eigenvalue weighted by molar-refractivity contribution is 9.10. The summed E-state index contributed by atoms with van der Waals surface area (Å²) in [4.78, 5) is 13.5. The fourth-order valence-electron chi connectivity index (χ4n) is 1.89. The fraction of sp³-hybridized carbons (Fsp3) is 0.417. The Morgan fingerprint density at radius 1 is 1.50 bits per heavy atom. The Labute approximate surface area is 104 Å². The van der Waals surface area contributed by atoms with Crippen LogP contribution >= 0.6 is 15.9 Å². The van der Waals surface area contributed by atoms with E-state index < -0.39 is 0 Å². The Morgan fingerprint density at radius 2 is 2.31 bits per heavy atom. The van der Waals surface area contributed by atoms with Crippen LogP contribution in [0, 0.1) is 0 Å². The Balaban J connectivity index is 2.18. The molecule has 2 rings (SSSR count). The van der Waals surface area contributed by atoms with Crippen LogP contribution in [0.4, 0.5) is 0 Å². The van der Waals surface area contributed by atoms with Crippen LogP contribution in [0.5, 0.6) is 0 Å². The topological polar surface area (TPSA) is 32.3 Å². The molecule has 4 heteroatoms. The monoisotopic (exact) mass is 282 g/mol. The van der Waals surface area contributed by atoms with Gasteiger partial charge in [-0.25, -0.2) is 0 Å². The van der Waals surface area contributed by atoms with Crippen molar-refractivity contribution in [1.82, 2.24) is 10.2 Å². The zero-order valence-electron chi connectivity index (χ0n) is 9.24. The highest BCUT2D eigenvalue weighted by Crippen LogP contribution is 2.22. The summed E-state index contributed by atoms with van der Waals surface area (Å²) in [7, 11) is 1.85. The van der Waals surface area contributed by atoms with Gasteiger partial charge < -0.3 is 10.2 Å². The second kappa shape index (κ2) is 4.97. The van der Waals surface area contributed by atoms with Crippen LogP contribution in [-0.4, -0.2) is 30.9 Å². The number of nitrogens with one attached hydrogen (secondary N) is 1. The molecule has 1 heterocycles. The number of hydrogen-bond donors (Lipinski definition) is 1. The molecule has 1 N–H and O–H groups in total. The third kappa shape index (κ3) is 2.62. The van der Waals surface area contributed by atoms with Gasteiger partial charge in [0.2, 0.25) is 5.91 Å². The summed E-state index contributed by atoms with van der Waals surface area (Å²) < 4.78 is 1.05. The molecule has 1 saturated heterocycles. The first kappa shape index (κ1) is 11.6. The molecule has 1 aliphatic heterocycles. The molecule has 3 nitrogen and oxygen atoms in total. The van der Waals surface area contributed by atoms with Crippen molar-refractivity contribution < 1.29 is 4.79 Å². The van der Waals surface area contributed by atoms with Crippen molar-refractivity contribution in [3.63, 3.8) is 0 Å². The summed E-state index contributed by atoms with van der Waals surface area (Å²) in [6.45, 7) is 1.63.